The summed E-state index contributed by atoms with van der Waals surface area (Å²) >= 11 is 0. The molecule has 0 fully saturated rings. The van der Waals surface area contributed by atoms with Crippen LogP contribution in [0.5, 0.6) is 0 Å². The second-order valence-electron chi connectivity index (χ2n) is 4.41. The topological polar surface area (TPSA) is 79.2 Å². The first-order valence-electron chi connectivity index (χ1n) is 5.88. The highest BCUT2D eigenvalue weighted by Gasteiger charge is 2.21. The lowest BCUT2D eigenvalue weighted by atomic mass is 9.96. The van der Waals surface area contributed by atoms with Crippen molar-refractivity contribution >= 4 is 17.6 Å². The van der Waals surface area contributed by atoms with E-state index in [4.69, 9.17) is 5.26 Å². The fourth-order valence-corrected chi connectivity index (χ4v) is 1.57. The van der Waals surface area contributed by atoms with Crippen molar-refractivity contribution in [1.29, 1.82) is 5.26 Å². The first kappa shape index (κ1) is 14.7. The van der Waals surface area contributed by atoms with E-state index >= 15 is 0 Å². The molecule has 1 rings (SSSR count). The maximum Gasteiger partial charge on any atom is 0.337 e. The number of carbonyl (C=O) groups is 2. The van der Waals surface area contributed by atoms with Crippen LogP contribution in [0.15, 0.2) is 24.3 Å². The van der Waals surface area contributed by atoms with E-state index in [1.807, 2.05) is 6.07 Å². The van der Waals surface area contributed by atoms with Gasteiger partial charge in [-0.15, -0.1) is 0 Å². The van der Waals surface area contributed by atoms with E-state index in [0.717, 1.165) is 0 Å². The fraction of sp³-hybridized carbons (Fsp3) is 0.357. The second-order valence-corrected chi connectivity index (χ2v) is 4.41. The number of rotatable bonds is 4. The van der Waals surface area contributed by atoms with Crippen molar-refractivity contribution in [2.75, 3.05) is 12.4 Å². The van der Waals surface area contributed by atoms with Crippen LogP contribution < -0.4 is 5.32 Å². The van der Waals surface area contributed by atoms with Crippen molar-refractivity contribution in [3.05, 3.63) is 29.8 Å². The van der Waals surface area contributed by atoms with E-state index in [1.165, 1.54) is 13.2 Å². The van der Waals surface area contributed by atoms with Crippen LogP contribution in [0.25, 0.3) is 0 Å². The van der Waals surface area contributed by atoms with Crippen LogP contribution >= 0.6 is 0 Å². The number of anilines is 1. The third-order valence-corrected chi connectivity index (χ3v) is 2.64. The Kier molecular flexibility index (Phi) is 5.07. The van der Waals surface area contributed by atoms with Gasteiger partial charge in [-0.05, 0) is 24.1 Å². The molecule has 1 atom stereocenters. The summed E-state index contributed by atoms with van der Waals surface area (Å²) in [4.78, 5) is 23.2. The molecule has 0 saturated heterocycles. The Morgan fingerprint density at radius 3 is 2.58 bits per heavy atom. The number of hydrogen-bond donors (Lipinski definition) is 1. The Labute approximate surface area is 112 Å². The molecule has 0 aliphatic carbocycles. The monoisotopic (exact) mass is 260 g/mol. The number of benzene rings is 1. The van der Waals surface area contributed by atoms with Crippen molar-refractivity contribution in [3.63, 3.8) is 0 Å². The number of ether oxygens (including phenoxy) is 1. The third kappa shape index (κ3) is 3.81. The smallest absolute Gasteiger partial charge is 0.337 e. The molecule has 1 aromatic rings. The molecule has 5 nitrogen and oxygen atoms in total. The largest absolute Gasteiger partial charge is 0.465 e. The van der Waals surface area contributed by atoms with Gasteiger partial charge in [-0.25, -0.2) is 4.79 Å². The second kappa shape index (κ2) is 6.55. The van der Waals surface area contributed by atoms with Crippen LogP contribution in [0, 0.1) is 23.2 Å². The highest BCUT2D eigenvalue weighted by atomic mass is 16.5. The van der Waals surface area contributed by atoms with Crippen LogP contribution in [0.4, 0.5) is 5.69 Å². The molecule has 1 aromatic carbocycles. The minimum Gasteiger partial charge on any atom is -0.465 e. The number of carbonyl (C=O) groups excluding carboxylic acids is 2. The molecule has 100 valence electrons. The van der Waals surface area contributed by atoms with Gasteiger partial charge in [0.2, 0.25) is 5.91 Å². The zero-order valence-electron chi connectivity index (χ0n) is 11.1. The molecule has 0 aliphatic heterocycles. The average molecular weight is 260 g/mol. The number of hydrogen-bond acceptors (Lipinski definition) is 4. The van der Waals surface area contributed by atoms with E-state index < -0.39 is 11.9 Å². The quantitative estimate of drug-likeness (QED) is 0.842. The molecule has 5 heteroatoms. The highest BCUT2D eigenvalue weighted by Crippen LogP contribution is 2.16. The summed E-state index contributed by atoms with van der Waals surface area (Å²) in [6.45, 7) is 3.61. The van der Waals surface area contributed by atoms with E-state index in [1.54, 1.807) is 32.0 Å². The van der Waals surface area contributed by atoms with Gasteiger partial charge in [0.15, 0.2) is 0 Å². The number of nitrogens with one attached hydrogen (secondary N) is 1. The van der Waals surface area contributed by atoms with Gasteiger partial charge < -0.3 is 10.1 Å². The SMILES string of the molecule is COC(=O)c1cccc(NC(=O)C(C#N)C(C)C)c1. The van der Waals surface area contributed by atoms with Crippen molar-refractivity contribution < 1.29 is 14.3 Å². The normalized spacial score (nSPS) is 11.5. The Morgan fingerprint density at radius 1 is 1.37 bits per heavy atom. The first-order valence-corrected chi connectivity index (χ1v) is 5.88. The minimum atomic E-state index is -0.721. The summed E-state index contributed by atoms with van der Waals surface area (Å²) in [6, 6.07) is 8.36. The Bertz CT molecular complexity index is 518. The number of nitrogens with zero attached hydrogens (tertiary/aromatic N) is 1. The number of nitriles is 1. The lowest BCUT2D eigenvalue weighted by Gasteiger charge is -2.13. The van der Waals surface area contributed by atoms with Crippen LogP contribution in [-0.2, 0) is 9.53 Å². The summed E-state index contributed by atoms with van der Waals surface area (Å²) < 4.78 is 4.60. The van der Waals surface area contributed by atoms with Gasteiger partial charge in [0.25, 0.3) is 0 Å². The van der Waals surface area contributed by atoms with Gasteiger partial charge >= 0.3 is 5.97 Å². The van der Waals surface area contributed by atoms with Crippen LogP contribution in [-0.4, -0.2) is 19.0 Å². The minimum absolute atomic E-state index is 0.0752. The summed E-state index contributed by atoms with van der Waals surface area (Å²) in [5.74, 6) is -1.65. The average Bonchev–Trinajstić information content (AvgIpc) is 2.38. The molecule has 0 aliphatic rings. The predicted molar refractivity (Wildman–Crippen MR) is 70.4 cm³/mol. The van der Waals surface area contributed by atoms with Crippen molar-refractivity contribution in [2.24, 2.45) is 11.8 Å². The first-order chi connectivity index (χ1) is 8.99. The number of amides is 1. The summed E-state index contributed by atoms with van der Waals surface area (Å²) in [5, 5.41) is 11.6. The summed E-state index contributed by atoms with van der Waals surface area (Å²) in [6.07, 6.45) is 0. The third-order valence-electron chi connectivity index (χ3n) is 2.64. The molecular formula is C14H16N2O3. The zero-order chi connectivity index (χ0) is 14.4. The number of esters is 1. The van der Waals surface area contributed by atoms with Crippen molar-refractivity contribution in [3.8, 4) is 6.07 Å². The van der Waals surface area contributed by atoms with E-state index in [-0.39, 0.29) is 11.8 Å². The van der Waals surface area contributed by atoms with Gasteiger partial charge in [-0.3, -0.25) is 4.79 Å². The molecule has 0 aromatic heterocycles. The zero-order valence-corrected chi connectivity index (χ0v) is 11.1. The van der Waals surface area contributed by atoms with Gasteiger partial charge in [0.05, 0.1) is 18.7 Å². The van der Waals surface area contributed by atoms with Crippen LogP contribution in [0.3, 0.4) is 0 Å². The summed E-state index contributed by atoms with van der Waals surface area (Å²) in [5.41, 5.74) is 0.812. The molecule has 19 heavy (non-hydrogen) atoms. The van der Waals surface area contributed by atoms with Gasteiger partial charge in [-0.2, -0.15) is 5.26 Å². The van der Waals surface area contributed by atoms with E-state index in [9.17, 15) is 9.59 Å². The lowest BCUT2D eigenvalue weighted by molar-refractivity contribution is -0.119. The molecule has 0 spiro atoms. The molecule has 1 N–H and O–H groups in total. The summed E-state index contributed by atoms with van der Waals surface area (Å²) in [7, 11) is 1.29. The Hall–Kier alpha value is -2.35. The van der Waals surface area contributed by atoms with Crippen LogP contribution in [0.1, 0.15) is 24.2 Å². The highest BCUT2D eigenvalue weighted by molar-refractivity contribution is 5.96. The van der Waals surface area contributed by atoms with Crippen molar-refractivity contribution in [1.82, 2.24) is 0 Å². The molecule has 0 heterocycles. The molecular weight excluding hydrogens is 244 g/mol. The molecule has 0 radical (unpaired) electrons. The van der Waals surface area contributed by atoms with E-state index in [0.29, 0.717) is 11.3 Å². The van der Waals surface area contributed by atoms with E-state index in [2.05, 4.69) is 10.1 Å². The molecule has 0 saturated carbocycles. The van der Waals surface area contributed by atoms with Crippen molar-refractivity contribution in [2.45, 2.75) is 13.8 Å². The maximum absolute atomic E-state index is 11.9. The molecule has 0 bridgehead atoms. The molecule has 1 amide bonds. The fourth-order valence-electron chi connectivity index (χ4n) is 1.57. The van der Waals surface area contributed by atoms with Crippen LogP contribution in [0.2, 0.25) is 0 Å². The van der Waals surface area contributed by atoms with Gasteiger partial charge in [-0.1, -0.05) is 19.9 Å². The molecule has 1 unspecified atom stereocenters. The Balaban J connectivity index is 2.86. The standard InChI is InChI=1S/C14H16N2O3/c1-9(2)12(8-15)13(17)16-11-6-4-5-10(7-11)14(18)19-3/h4-7,9,12H,1-3H3,(H,16,17). The number of methoxy groups -OCH3 is 1. The maximum atomic E-state index is 11.9. The van der Waals surface area contributed by atoms with Gasteiger partial charge in [0.1, 0.15) is 5.92 Å². The Morgan fingerprint density at radius 2 is 2.05 bits per heavy atom. The lowest BCUT2D eigenvalue weighted by Crippen LogP contribution is -2.25. The van der Waals surface area contributed by atoms with Gasteiger partial charge in [0, 0.05) is 5.69 Å². The predicted octanol–water partition coefficient (Wildman–Crippen LogP) is 2.21.